The van der Waals surface area contributed by atoms with Gasteiger partial charge in [0.1, 0.15) is 0 Å². The number of carbonyl (C=O) groups excluding carboxylic acids is 1. The number of benzene rings is 2. The molecule has 1 amide bonds. The van der Waals surface area contributed by atoms with E-state index < -0.39 is 0 Å². The zero-order chi connectivity index (χ0) is 18.6. The first kappa shape index (κ1) is 18.3. The Balaban J connectivity index is 1.26. The molecule has 0 radical (unpaired) electrons. The molecular formula is C20H21ClN4OS. The zero-order valence-corrected chi connectivity index (χ0v) is 16.5. The van der Waals surface area contributed by atoms with E-state index in [1.165, 1.54) is 17.3 Å². The molecule has 0 unspecified atom stereocenters. The van der Waals surface area contributed by atoms with Crippen molar-refractivity contribution >= 4 is 40.3 Å². The summed E-state index contributed by atoms with van der Waals surface area (Å²) in [4.78, 5) is 24.6. The Hall–Kier alpha value is -2.02. The fraction of sp³-hybridized carbons (Fsp3) is 0.300. The van der Waals surface area contributed by atoms with Crippen LogP contribution in [-0.2, 0) is 11.3 Å². The van der Waals surface area contributed by atoms with Gasteiger partial charge in [-0.3, -0.25) is 9.69 Å². The average molecular weight is 401 g/mol. The number of aromatic nitrogens is 2. The molecule has 1 N–H and O–H groups in total. The van der Waals surface area contributed by atoms with Crippen molar-refractivity contribution in [2.45, 2.75) is 11.7 Å². The van der Waals surface area contributed by atoms with E-state index in [1.54, 1.807) is 0 Å². The van der Waals surface area contributed by atoms with E-state index in [9.17, 15) is 4.79 Å². The van der Waals surface area contributed by atoms with E-state index in [0.717, 1.165) is 48.9 Å². The summed E-state index contributed by atoms with van der Waals surface area (Å²) in [5.74, 6) is 0.560. The van der Waals surface area contributed by atoms with Gasteiger partial charge in [-0.1, -0.05) is 53.7 Å². The zero-order valence-electron chi connectivity index (χ0n) is 14.9. The van der Waals surface area contributed by atoms with Crippen LogP contribution < -0.4 is 0 Å². The quantitative estimate of drug-likeness (QED) is 0.664. The number of fused-ring (bicyclic) bond motifs is 1. The number of nitrogens with zero attached hydrogens (tertiary/aromatic N) is 3. The predicted octanol–water partition coefficient (Wildman–Crippen LogP) is 3.65. The van der Waals surface area contributed by atoms with E-state index in [2.05, 4.69) is 39.1 Å². The molecule has 0 bridgehead atoms. The predicted molar refractivity (Wildman–Crippen MR) is 110 cm³/mol. The second kappa shape index (κ2) is 8.33. The van der Waals surface area contributed by atoms with Crippen molar-refractivity contribution in [3.05, 3.63) is 59.1 Å². The Kier molecular flexibility index (Phi) is 5.66. The lowest BCUT2D eigenvalue weighted by molar-refractivity contribution is -0.130. The Labute approximate surface area is 167 Å². The standard InChI is InChI=1S/C20H21ClN4OS/c21-16-6-7-17-18(12-16)23-20(22-17)27-14-19(26)25-10-8-24(9-11-25)13-15-4-2-1-3-5-15/h1-7,12H,8-11,13-14H2,(H,22,23). The Morgan fingerprint density at radius 2 is 1.89 bits per heavy atom. The van der Waals surface area contributed by atoms with Gasteiger partial charge in [0.25, 0.3) is 0 Å². The van der Waals surface area contributed by atoms with Crippen LogP contribution in [0.5, 0.6) is 0 Å². The molecular weight excluding hydrogens is 380 g/mol. The van der Waals surface area contributed by atoms with Crippen LogP contribution in [0.25, 0.3) is 11.0 Å². The fourth-order valence-corrected chi connectivity index (χ4v) is 4.21. The number of nitrogens with one attached hydrogen (secondary N) is 1. The average Bonchev–Trinajstić information content (AvgIpc) is 3.09. The van der Waals surface area contributed by atoms with E-state index in [0.29, 0.717) is 10.8 Å². The summed E-state index contributed by atoms with van der Waals surface area (Å²) >= 11 is 7.44. The number of hydrogen-bond acceptors (Lipinski definition) is 4. The van der Waals surface area contributed by atoms with E-state index in [4.69, 9.17) is 11.6 Å². The van der Waals surface area contributed by atoms with Crippen LogP contribution in [-0.4, -0.2) is 57.6 Å². The first-order valence-corrected chi connectivity index (χ1v) is 10.4. The molecule has 1 aromatic heterocycles. The van der Waals surface area contributed by atoms with Gasteiger partial charge >= 0.3 is 0 Å². The highest BCUT2D eigenvalue weighted by atomic mass is 35.5. The molecule has 0 saturated carbocycles. The third-order valence-electron chi connectivity index (χ3n) is 4.73. The minimum absolute atomic E-state index is 0.165. The third kappa shape index (κ3) is 4.64. The van der Waals surface area contributed by atoms with E-state index in [1.807, 2.05) is 29.2 Å². The number of thioether (sulfide) groups is 1. The molecule has 0 aliphatic carbocycles. The highest BCUT2D eigenvalue weighted by molar-refractivity contribution is 7.99. The largest absolute Gasteiger partial charge is 0.339 e. The van der Waals surface area contributed by atoms with Crippen molar-refractivity contribution < 1.29 is 4.79 Å². The molecule has 7 heteroatoms. The molecule has 140 valence electrons. The summed E-state index contributed by atoms with van der Waals surface area (Å²) in [6, 6.07) is 16.0. The molecule has 0 atom stereocenters. The summed E-state index contributed by atoms with van der Waals surface area (Å²) in [5, 5.41) is 1.43. The monoisotopic (exact) mass is 400 g/mol. The summed E-state index contributed by atoms with van der Waals surface area (Å²) in [5.41, 5.74) is 3.08. The Bertz CT molecular complexity index is 922. The number of halogens is 1. The second-order valence-corrected chi connectivity index (χ2v) is 8.04. The van der Waals surface area contributed by atoms with Gasteiger partial charge in [-0.25, -0.2) is 4.98 Å². The van der Waals surface area contributed by atoms with Crippen molar-refractivity contribution in [2.75, 3.05) is 31.9 Å². The van der Waals surface area contributed by atoms with E-state index in [-0.39, 0.29) is 5.91 Å². The number of rotatable bonds is 5. The van der Waals surface area contributed by atoms with E-state index >= 15 is 0 Å². The van der Waals surface area contributed by atoms with Crippen LogP contribution in [0.3, 0.4) is 0 Å². The van der Waals surface area contributed by atoms with Crippen molar-refractivity contribution in [3.63, 3.8) is 0 Å². The molecule has 1 saturated heterocycles. The molecule has 1 fully saturated rings. The number of carbonyl (C=O) groups is 1. The topological polar surface area (TPSA) is 52.2 Å². The highest BCUT2D eigenvalue weighted by Crippen LogP contribution is 2.22. The SMILES string of the molecule is O=C(CSc1nc2ccc(Cl)cc2[nH]1)N1CCN(Cc2ccccc2)CC1. The van der Waals surface area contributed by atoms with Gasteiger partial charge in [-0.15, -0.1) is 0 Å². The molecule has 27 heavy (non-hydrogen) atoms. The summed E-state index contributed by atoms with van der Waals surface area (Å²) < 4.78 is 0. The molecule has 2 heterocycles. The van der Waals surface area contributed by atoms with Crippen molar-refractivity contribution in [3.8, 4) is 0 Å². The number of H-pyrrole nitrogens is 1. The van der Waals surface area contributed by atoms with Crippen LogP contribution in [0.15, 0.2) is 53.7 Å². The first-order valence-electron chi connectivity index (χ1n) is 8.99. The maximum Gasteiger partial charge on any atom is 0.233 e. The van der Waals surface area contributed by atoms with Gasteiger partial charge in [0.05, 0.1) is 16.8 Å². The smallest absolute Gasteiger partial charge is 0.233 e. The van der Waals surface area contributed by atoms with Crippen LogP contribution >= 0.6 is 23.4 Å². The summed E-state index contributed by atoms with van der Waals surface area (Å²) in [6.07, 6.45) is 0. The van der Waals surface area contributed by atoms with Crippen LogP contribution in [0.2, 0.25) is 5.02 Å². The minimum atomic E-state index is 0.165. The van der Waals surface area contributed by atoms with Crippen LogP contribution in [0.1, 0.15) is 5.56 Å². The second-order valence-electron chi connectivity index (χ2n) is 6.63. The first-order chi connectivity index (χ1) is 13.2. The van der Waals surface area contributed by atoms with Crippen molar-refractivity contribution in [1.29, 1.82) is 0 Å². The number of hydrogen-bond donors (Lipinski definition) is 1. The number of aromatic amines is 1. The van der Waals surface area contributed by atoms with Gasteiger partial charge in [-0.05, 0) is 23.8 Å². The lowest BCUT2D eigenvalue weighted by Gasteiger charge is -2.34. The summed E-state index contributed by atoms with van der Waals surface area (Å²) in [7, 11) is 0. The normalized spacial score (nSPS) is 15.4. The minimum Gasteiger partial charge on any atom is -0.339 e. The van der Waals surface area contributed by atoms with Crippen molar-refractivity contribution in [1.82, 2.24) is 19.8 Å². The fourth-order valence-electron chi connectivity index (χ4n) is 3.25. The summed E-state index contributed by atoms with van der Waals surface area (Å²) in [6.45, 7) is 4.33. The van der Waals surface area contributed by atoms with Gasteiger partial charge in [0.2, 0.25) is 5.91 Å². The molecule has 4 rings (SSSR count). The molecule has 1 aliphatic rings. The molecule has 2 aromatic carbocycles. The van der Waals surface area contributed by atoms with Crippen LogP contribution in [0.4, 0.5) is 0 Å². The van der Waals surface area contributed by atoms with Gasteiger partial charge < -0.3 is 9.88 Å². The lowest BCUT2D eigenvalue weighted by atomic mass is 10.2. The van der Waals surface area contributed by atoms with Gasteiger partial charge in [0.15, 0.2) is 5.16 Å². The number of amides is 1. The molecule has 1 aliphatic heterocycles. The Morgan fingerprint density at radius 1 is 1.11 bits per heavy atom. The van der Waals surface area contributed by atoms with Crippen LogP contribution in [0, 0.1) is 0 Å². The van der Waals surface area contributed by atoms with Gasteiger partial charge in [0, 0.05) is 37.7 Å². The highest BCUT2D eigenvalue weighted by Gasteiger charge is 2.21. The third-order valence-corrected chi connectivity index (χ3v) is 5.82. The molecule has 5 nitrogen and oxygen atoms in total. The lowest BCUT2D eigenvalue weighted by Crippen LogP contribution is -2.48. The maximum atomic E-state index is 12.5. The molecule has 0 spiro atoms. The Morgan fingerprint density at radius 3 is 2.67 bits per heavy atom. The number of imidazole rings is 1. The number of piperazine rings is 1. The molecule has 3 aromatic rings. The van der Waals surface area contributed by atoms with Gasteiger partial charge in [-0.2, -0.15) is 0 Å². The van der Waals surface area contributed by atoms with Crippen molar-refractivity contribution in [2.24, 2.45) is 0 Å². The maximum absolute atomic E-state index is 12.5.